The third-order valence-corrected chi connectivity index (χ3v) is 4.31. The number of imidazole rings is 1. The van der Waals surface area contributed by atoms with Gasteiger partial charge in [0.15, 0.2) is 11.2 Å². The molecule has 0 fully saturated rings. The Bertz CT molecular complexity index is 1070. The highest BCUT2D eigenvalue weighted by atomic mass is 16.5. The summed E-state index contributed by atoms with van der Waals surface area (Å²) in [5.74, 6) is 1.13. The van der Waals surface area contributed by atoms with Crippen molar-refractivity contribution in [3.63, 3.8) is 0 Å². The summed E-state index contributed by atoms with van der Waals surface area (Å²) in [7, 11) is 6.56. The van der Waals surface area contributed by atoms with E-state index < -0.39 is 17.4 Å². The summed E-state index contributed by atoms with van der Waals surface area (Å²) < 4.78 is 9.57. The molecular weight excluding hydrogens is 350 g/mol. The number of rotatable bonds is 6. The van der Waals surface area contributed by atoms with E-state index in [0.717, 1.165) is 4.57 Å². The minimum absolute atomic E-state index is 0.0582. The lowest BCUT2D eigenvalue weighted by molar-refractivity contribution is 0.0937. The van der Waals surface area contributed by atoms with Crippen molar-refractivity contribution < 1.29 is 9.84 Å². The molecule has 0 aliphatic rings. The molecule has 9 nitrogen and oxygen atoms in total. The first-order chi connectivity index (χ1) is 12.8. The number of aliphatic hydroxyl groups excluding tert-OH is 1. The summed E-state index contributed by atoms with van der Waals surface area (Å²) in [6.45, 7) is 0.160. The Labute approximate surface area is 155 Å². The molecule has 0 bridgehead atoms. The van der Waals surface area contributed by atoms with E-state index in [1.807, 2.05) is 18.2 Å². The molecule has 0 aliphatic carbocycles. The number of aliphatic hydroxyl groups is 1. The fourth-order valence-corrected chi connectivity index (χ4v) is 2.92. The van der Waals surface area contributed by atoms with Gasteiger partial charge in [-0.1, -0.05) is 18.2 Å². The molecule has 2 heterocycles. The standard InChI is InChI=1S/C18H23N5O4/c1-20(2)17-19-15-14(16(25)22(4)18(26)21(15)3)23(17)10-12(24)11-27-13-8-6-5-7-9-13/h5-9,12,24H,10-11H2,1-4H3. The van der Waals surface area contributed by atoms with Gasteiger partial charge in [-0.15, -0.1) is 0 Å². The molecule has 0 saturated heterocycles. The first kappa shape index (κ1) is 18.7. The molecule has 3 aromatic rings. The Kier molecular flexibility index (Phi) is 5.04. The van der Waals surface area contributed by atoms with Crippen LogP contribution in [0.25, 0.3) is 11.2 Å². The molecule has 27 heavy (non-hydrogen) atoms. The topological polar surface area (TPSA) is 94.5 Å². The summed E-state index contributed by atoms with van der Waals surface area (Å²) >= 11 is 0. The number of hydrogen-bond donors (Lipinski definition) is 1. The molecule has 1 aromatic carbocycles. The second kappa shape index (κ2) is 7.28. The van der Waals surface area contributed by atoms with E-state index in [4.69, 9.17) is 4.74 Å². The van der Waals surface area contributed by atoms with E-state index in [2.05, 4.69) is 4.98 Å². The van der Waals surface area contributed by atoms with Crippen molar-refractivity contribution in [1.82, 2.24) is 18.7 Å². The molecule has 1 N–H and O–H groups in total. The van der Waals surface area contributed by atoms with Crippen LogP contribution in [0.2, 0.25) is 0 Å². The van der Waals surface area contributed by atoms with E-state index in [1.165, 1.54) is 11.6 Å². The van der Waals surface area contributed by atoms with E-state index in [1.54, 1.807) is 42.7 Å². The van der Waals surface area contributed by atoms with Crippen molar-refractivity contribution in [2.75, 3.05) is 25.6 Å². The highest BCUT2D eigenvalue weighted by Gasteiger charge is 2.22. The van der Waals surface area contributed by atoms with Gasteiger partial charge in [-0.2, -0.15) is 4.98 Å². The maximum atomic E-state index is 12.7. The Morgan fingerprint density at radius 3 is 2.44 bits per heavy atom. The van der Waals surface area contributed by atoms with Gasteiger partial charge >= 0.3 is 5.69 Å². The number of aryl methyl sites for hydroxylation is 1. The minimum Gasteiger partial charge on any atom is -0.491 e. The van der Waals surface area contributed by atoms with Crippen LogP contribution in [0.4, 0.5) is 5.95 Å². The molecule has 2 aromatic heterocycles. The Morgan fingerprint density at radius 1 is 1.15 bits per heavy atom. The monoisotopic (exact) mass is 373 g/mol. The fraction of sp³-hybridized carbons (Fsp3) is 0.389. The molecule has 0 radical (unpaired) electrons. The van der Waals surface area contributed by atoms with Crippen LogP contribution < -0.4 is 20.9 Å². The molecular formula is C18H23N5O4. The van der Waals surface area contributed by atoms with Crippen LogP contribution >= 0.6 is 0 Å². The third kappa shape index (κ3) is 3.45. The molecule has 1 unspecified atom stereocenters. The number of nitrogens with zero attached hydrogens (tertiary/aromatic N) is 5. The highest BCUT2D eigenvalue weighted by Crippen LogP contribution is 2.18. The van der Waals surface area contributed by atoms with Gasteiger partial charge in [0.25, 0.3) is 5.56 Å². The number of ether oxygens (including phenoxy) is 1. The second-order valence-corrected chi connectivity index (χ2v) is 6.57. The Balaban J connectivity index is 1.98. The lowest BCUT2D eigenvalue weighted by Gasteiger charge is -2.18. The molecule has 0 spiro atoms. The fourth-order valence-electron chi connectivity index (χ4n) is 2.92. The first-order valence-corrected chi connectivity index (χ1v) is 8.50. The Hall–Kier alpha value is -3.07. The van der Waals surface area contributed by atoms with Gasteiger partial charge in [0, 0.05) is 28.2 Å². The average Bonchev–Trinajstić information content (AvgIpc) is 3.03. The predicted octanol–water partition coefficient (Wildman–Crippen LogP) is -0.0604. The number of fused-ring (bicyclic) bond motifs is 1. The summed E-state index contributed by atoms with van der Waals surface area (Å²) in [4.78, 5) is 31.0. The van der Waals surface area contributed by atoms with Crippen LogP contribution in [-0.2, 0) is 20.6 Å². The molecule has 3 rings (SSSR count). The van der Waals surface area contributed by atoms with Gasteiger partial charge in [-0.3, -0.25) is 13.9 Å². The molecule has 1 atom stereocenters. The zero-order valence-electron chi connectivity index (χ0n) is 15.8. The number of para-hydroxylation sites is 1. The quantitative estimate of drug-likeness (QED) is 0.651. The van der Waals surface area contributed by atoms with Crippen molar-refractivity contribution in [3.05, 3.63) is 51.2 Å². The van der Waals surface area contributed by atoms with Crippen molar-refractivity contribution in [2.24, 2.45) is 14.1 Å². The van der Waals surface area contributed by atoms with Crippen LogP contribution in [0.3, 0.4) is 0 Å². The third-order valence-electron chi connectivity index (χ3n) is 4.31. The molecule has 0 aliphatic heterocycles. The summed E-state index contributed by atoms with van der Waals surface area (Å²) in [6.07, 6.45) is -0.872. The zero-order chi connectivity index (χ0) is 19.7. The Morgan fingerprint density at radius 2 is 1.81 bits per heavy atom. The number of anilines is 1. The maximum Gasteiger partial charge on any atom is 0.332 e. The van der Waals surface area contributed by atoms with Crippen molar-refractivity contribution in [3.8, 4) is 5.75 Å². The SMILES string of the molecule is CN(C)c1nc2c(c(=O)n(C)c(=O)n2C)n1CC(O)COc1ccccc1. The normalized spacial score (nSPS) is 12.3. The number of aromatic nitrogens is 4. The van der Waals surface area contributed by atoms with Crippen molar-refractivity contribution in [2.45, 2.75) is 12.6 Å². The molecule has 144 valence electrons. The lowest BCUT2D eigenvalue weighted by Crippen LogP contribution is -2.38. The van der Waals surface area contributed by atoms with E-state index >= 15 is 0 Å². The molecule has 0 amide bonds. The van der Waals surface area contributed by atoms with Crippen LogP contribution in [-0.4, -0.2) is 50.6 Å². The number of hydrogen-bond acceptors (Lipinski definition) is 6. The largest absolute Gasteiger partial charge is 0.491 e. The van der Waals surface area contributed by atoms with E-state index in [-0.39, 0.29) is 24.3 Å². The van der Waals surface area contributed by atoms with Gasteiger partial charge in [0.05, 0.1) is 6.54 Å². The minimum atomic E-state index is -0.872. The maximum absolute atomic E-state index is 12.7. The number of benzene rings is 1. The van der Waals surface area contributed by atoms with Crippen LogP contribution in [0.1, 0.15) is 0 Å². The van der Waals surface area contributed by atoms with Gasteiger partial charge in [0.2, 0.25) is 5.95 Å². The van der Waals surface area contributed by atoms with Crippen LogP contribution in [0.5, 0.6) is 5.75 Å². The lowest BCUT2D eigenvalue weighted by atomic mass is 10.3. The van der Waals surface area contributed by atoms with E-state index in [9.17, 15) is 14.7 Å². The van der Waals surface area contributed by atoms with Gasteiger partial charge in [-0.05, 0) is 12.1 Å². The highest BCUT2D eigenvalue weighted by molar-refractivity contribution is 5.74. The first-order valence-electron chi connectivity index (χ1n) is 8.50. The predicted molar refractivity (Wildman–Crippen MR) is 102 cm³/mol. The van der Waals surface area contributed by atoms with E-state index in [0.29, 0.717) is 11.7 Å². The smallest absolute Gasteiger partial charge is 0.332 e. The zero-order valence-corrected chi connectivity index (χ0v) is 15.8. The van der Waals surface area contributed by atoms with Crippen LogP contribution in [0.15, 0.2) is 39.9 Å². The van der Waals surface area contributed by atoms with Gasteiger partial charge < -0.3 is 19.3 Å². The second-order valence-electron chi connectivity index (χ2n) is 6.57. The molecule has 0 saturated carbocycles. The van der Waals surface area contributed by atoms with Crippen LogP contribution in [0, 0.1) is 0 Å². The molecule has 9 heteroatoms. The average molecular weight is 373 g/mol. The summed E-state index contributed by atoms with van der Waals surface area (Å²) in [5.41, 5.74) is -0.356. The van der Waals surface area contributed by atoms with Crippen molar-refractivity contribution in [1.29, 1.82) is 0 Å². The van der Waals surface area contributed by atoms with Crippen molar-refractivity contribution >= 4 is 17.1 Å². The van der Waals surface area contributed by atoms with Gasteiger partial charge in [-0.25, -0.2) is 4.79 Å². The summed E-state index contributed by atoms with van der Waals surface area (Å²) in [5, 5.41) is 10.5. The summed E-state index contributed by atoms with van der Waals surface area (Å²) in [6, 6.07) is 9.18. The van der Waals surface area contributed by atoms with Gasteiger partial charge in [0.1, 0.15) is 18.5 Å².